The third kappa shape index (κ3) is 2.41. The van der Waals surface area contributed by atoms with Crippen molar-refractivity contribution in [3.8, 4) is 0 Å². The van der Waals surface area contributed by atoms with Crippen LogP contribution in [0.15, 0.2) is 18.5 Å². The molecule has 0 saturated heterocycles. The normalized spacial score (nSPS) is 22.8. The molecular formula is C17H24N4O2. The summed E-state index contributed by atoms with van der Waals surface area (Å²) >= 11 is 0. The van der Waals surface area contributed by atoms with E-state index in [1.165, 1.54) is 0 Å². The molecule has 6 heteroatoms. The number of hydrogen-bond donors (Lipinski definition) is 0. The summed E-state index contributed by atoms with van der Waals surface area (Å²) in [6.45, 7) is 8.88. The van der Waals surface area contributed by atoms with Crippen molar-refractivity contribution in [1.82, 2.24) is 19.5 Å². The number of carbonyl (C=O) groups is 1. The highest BCUT2D eigenvalue weighted by Crippen LogP contribution is 2.45. The van der Waals surface area contributed by atoms with Crippen molar-refractivity contribution < 1.29 is 9.53 Å². The van der Waals surface area contributed by atoms with E-state index in [1.54, 1.807) is 16.8 Å². The topological polar surface area (TPSA) is 59.7 Å². The van der Waals surface area contributed by atoms with E-state index in [9.17, 15) is 4.79 Å². The molecule has 1 saturated carbocycles. The van der Waals surface area contributed by atoms with Crippen LogP contribution >= 0.6 is 0 Å². The molecule has 124 valence electrons. The molecule has 0 spiro atoms. The summed E-state index contributed by atoms with van der Waals surface area (Å²) in [6, 6.07) is 1.96. The van der Waals surface area contributed by atoms with Crippen molar-refractivity contribution >= 4 is 11.6 Å². The maximum Gasteiger partial charge on any atom is 0.259 e. The van der Waals surface area contributed by atoms with Crippen LogP contribution in [0.1, 0.15) is 43.2 Å². The third-order valence-corrected chi connectivity index (χ3v) is 5.07. The van der Waals surface area contributed by atoms with Gasteiger partial charge in [-0.15, -0.1) is 0 Å². The molecule has 0 radical (unpaired) electrons. The van der Waals surface area contributed by atoms with Crippen LogP contribution in [0.25, 0.3) is 5.65 Å². The number of carbonyl (C=O) groups excluding carboxylic acids is 1. The fourth-order valence-electron chi connectivity index (χ4n) is 3.57. The first-order valence-electron chi connectivity index (χ1n) is 8.06. The molecule has 1 amide bonds. The summed E-state index contributed by atoms with van der Waals surface area (Å²) in [5.74, 6) is -0.0239. The Balaban J connectivity index is 1.87. The number of aromatic nitrogens is 3. The van der Waals surface area contributed by atoms with E-state index in [-0.39, 0.29) is 23.5 Å². The zero-order valence-corrected chi connectivity index (χ0v) is 14.4. The fourth-order valence-corrected chi connectivity index (χ4v) is 3.57. The highest BCUT2D eigenvalue weighted by molar-refractivity contribution is 6.01. The first-order valence-corrected chi connectivity index (χ1v) is 8.06. The number of ether oxygens (including phenoxy) is 1. The third-order valence-electron chi connectivity index (χ3n) is 5.07. The lowest BCUT2D eigenvalue weighted by Crippen LogP contribution is -2.62. The predicted octanol–water partition coefficient (Wildman–Crippen LogP) is 2.31. The quantitative estimate of drug-likeness (QED) is 0.868. The molecule has 0 bridgehead atoms. The molecule has 2 aromatic rings. The molecule has 2 aromatic heterocycles. The maximum atomic E-state index is 13.0. The van der Waals surface area contributed by atoms with E-state index in [0.717, 1.165) is 6.42 Å². The van der Waals surface area contributed by atoms with Crippen LogP contribution in [-0.2, 0) is 4.74 Å². The molecule has 1 aliphatic carbocycles. The molecule has 0 aromatic carbocycles. The van der Waals surface area contributed by atoms with Gasteiger partial charge < -0.3 is 9.64 Å². The van der Waals surface area contributed by atoms with Crippen LogP contribution in [-0.4, -0.2) is 51.2 Å². The molecule has 2 heterocycles. The van der Waals surface area contributed by atoms with Gasteiger partial charge in [0.05, 0.1) is 11.8 Å². The van der Waals surface area contributed by atoms with Crippen LogP contribution in [0.5, 0.6) is 0 Å². The summed E-state index contributed by atoms with van der Waals surface area (Å²) in [5, 5.41) is 4.38. The van der Waals surface area contributed by atoms with Gasteiger partial charge in [0.1, 0.15) is 5.56 Å². The Labute approximate surface area is 136 Å². The van der Waals surface area contributed by atoms with Crippen LogP contribution in [0.2, 0.25) is 0 Å². The van der Waals surface area contributed by atoms with Crippen molar-refractivity contribution in [3.63, 3.8) is 0 Å². The van der Waals surface area contributed by atoms with Gasteiger partial charge in [-0.3, -0.25) is 4.79 Å². The SMILES string of the molecule is CCO[C@H]1C[C@@H](N(C)C(=O)c2c(C)nn3cccnc23)C1(C)C. The zero-order valence-electron chi connectivity index (χ0n) is 14.4. The highest BCUT2D eigenvalue weighted by atomic mass is 16.5. The second kappa shape index (κ2) is 5.60. The minimum atomic E-state index is -0.0509. The molecule has 6 nitrogen and oxygen atoms in total. The Morgan fingerprint density at radius 2 is 2.26 bits per heavy atom. The lowest BCUT2D eigenvalue weighted by Gasteiger charge is -2.54. The Morgan fingerprint density at radius 3 is 2.91 bits per heavy atom. The van der Waals surface area contributed by atoms with Crippen LogP contribution in [0.4, 0.5) is 0 Å². The van der Waals surface area contributed by atoms with Gasteiger partial charge in [-0.2, -0.15) is 5.10 Å². The predicted molar refractivity (Wildman–Crippen MR) is 87.4 cm³/mol. The van der Waals surface area contributed by atoms with Gasteiger partial charge >= 0.3 is 0 Å². The summed E-state index contributed by atoms with van der Waals surface area (Å²) in [4.78, 5) is 19.2. The Bertz CT molecular complexity index is 737. The van der Waals surface area contributed by atoms with E-state index in [1.807, 2.05) is 32.0 Å². The van der Waals surface area contributed by atoms with E-state index >= 15 is 0 Å². The minimum absolute atomic E-state index is 0.0239. The molecule has 0 N–H and O–H groups in total. The summed E-state index contributed by atoms with van der Waals surface area (Å²) in [5.41, 5.74) is 1.85. The van der Waals surface area contributed by atoms with Crippen molar-refractivity contribution in [1.29, 1.82) is 0 Å². The number of hydrogen-bond acceptors (Lipinski definition) is 4. The van der Waals surface area contributed by atoms with Gasteiger partial charge in [0.15, 0.2) is 5.65 Å². The van der Waals surface area contributed by atoms with Crippen LogP contribution in [0.3, 0.4) is 0 Å². The minimum Gasteiger partial charge on any atom is -0.378 e. The second-order valence-electron chi connectivity index (χ2n) is 6.78. The lowest BCUT2D eigenvalue weighted by atomic mass is 9.63. The van der Waals surface area contributed by atoms with E-state index in [4.69, 9.17) is 4.74 Å². The monoisotopic (exact) mass is 316 g/mol. The molecule has 23 heavy (non-hydrogen) atoms. The first kappa shape index (κ1) is 15.9. The first-order chi connectivity index (χ1) is 10.9. The Kier molecular flexibility index (Phi) is 3.88. The molecule has 1 aliphatic rings. The number of fused-ring (bicyclic) bond motifs is 1. The average molecular weight is 316 g/mol. The standard InChI is InChI=1S/C17H24N4O2/c1-6-23-13-10-12(17(13,3)4)20(5)16(22)14-11(2)19-21-9-7-8-18-15(14)21/h7-9,12-13H,6,10H2,1-5H3/t12-,13+/m1/s1. The largest absolute Gasteiger partial charge is 0.378 e. The molecular weight excluding hydrogens is 292 g/mol. The number of amides is 1. The molecule has 1 fully saturated rings. The fraction of sp³-hybridized carbons (Fsp3) is 0.588. The van der Waals surface area contributed by atoms with Gasteiger partial charge in [0.25, 0.3) is 5.91 Å². The van der Waals surface area contributed by atoms with Crippen LogP contribution in [0, 0.1) is 12.3 Å². The second-order valence-corrected chi connectivity index (χ2v) is 6.78. The van der Waals surface area contributed by atoms with Crippen molar-refractivity contribution in [2.24, 2.45) is 5.41 Å². The molecule has 0 aliphatic heterocycles. The smallest absolute Gasteiger partial charge is 0.259 e. The van der Waals surface area contributed by atoms with E-state index in [2.05, 4.69) is 23.9 Å². The molecule has 3 rings (SSSR count). The van der Waals surface area contributed by atoms with E-state index in [0.29, 0.717) is 23.5 Å². The van der Waals surface area contributed by atoms with Crippen molar-refractivity contribution in [2.75, 3.05) is 13.7 Å². The van der Waals surface area contributed by atoms with Crippen molar-refractivity contribution in [3.05, 3.63) is 29.7 Å². The van der Waals surface area contributed by atoms with Gasteiger partial charge in [-0.25, -0.2) is 9.50 Å². The lowest BCUT2D eigenvalue weighted by molar-refractivity contribution is -0.136. The summed E-state index contributed by atoms with van der Waals surface area (Å²) in [7, 11) is 1.86. The number of rotatable bonds is 4. The maximum absolute atomic E-state index is 13.0. The summed E-state index contributed by atoms with van der Waals surface area (Å²) in [6.07, 6.45) is 4.57. The van der Waals surface area contributed by atoms with E-state index < -0.39 is 0 Å². The number of nitrogens with zero attached hydrogens (tertiary/aromatic N) is 4. The van der Waals surface area contributed by atoms with Gasteiger partial charge in [0.2, 0.25) is 0 Å². The molecule has 2 atom stereocenters. The van der Waals surface area contributed by atoms with Gasteiger partial charge in [-0.1, -0.05) is 13.8 Å². The Hall–Kier alpha value is -1.95. The van der Waals surface area contributed by atoms with Gasteiger partial charge in [0, 0.05) is 37.5 Å². The average Bonchev–Trinajstić information content (AvgIpc) is 2.85. The highest BCUT2D eigenvalue weighted by Gasteiger charge is 2.52. The Morgan fingerprint density at radius 1 is 1.52 bits per heavy atom. The zero-order chi connectivity index (χ0) is 16.8. The van der Waals surface area contributed by atoms with Crippen LogP contribution < -0.4 is 0 Å². The summed E-state index contributed by atoms with van der Waals surface area (Å²) < 4.78 is 7.43. The number of aryl methyl sites for hydroxylation is 1. The van der Waals surface area contributed by atoms with Crippen molar-refractivity contribution in [2.45, 2.75) is 46.3 Å². The van der Waals surface area contributed by atoms with Gasteiger partial charge in [-0.05, 0) is 26.3 Å². The molecule has 0 unspecified atom stereocenters.